The topological polar surface area (TPSA) is 67.6 Å². The lowest BCUT2D eigenvalue weighted by Crippen LogP contribution is -2.51. The van der Waals surface area contributed by atoms with Crippen LogP contribution in [0.3, 0.4) is 0 Å². The van der Waals surface area contributed by atoms with Gasteiger partial charge in [-0.25, -0.2) is 0 Å². The first-order valence-corrected chi connectivity index (χ1v) is 11.0. The minimum Gasteiger partial charge on any atom is -0.396 e. The Bertz CT molecular complexity index is 1080. The van der Waals surface area contributed by atoms with Gasteiger partial charge < -0.3 is 14.9 Å². The number of anilines is 1. The van der Waals surface area contributed by atoms with E-state index in [2.05, 4.69) is 0 Å². The van der Waals surface area contributed by atoms with E-state index >= 15 is 0 Å². The Balaban J connectivity index is 1.52. The van der Waals surface area contributed by atoms with E-state index in [1.165, 1.54) is 12.1 Å². The van der Waals surface area contributed by atoms with Gasteiger partial charge in [-0.15, -0.1) is 0 Å². The fraction of sp³-hybridized carbons (Fsp3) is 0.440. The van der Waals surface area contributed by atoms with Crippen LogP contribution in [-0.2, 0) is 17.4 Å². The largest absolute Gasteiger partial charge is 0.417 e. The molecule has 2 aromatic carbocycles. The molecular formula is C25H26F3N3O2. The van der Waals surface area contributed by atoms with E-state index in [1.807, 2.05) is 36.1 Å². The molecule has 2 atom stereocenters. The first kappa shape index (κ1) is 23.1. The molecule has 0 unspecified atom stereocenters. The normalized spacial score (nSPS) is 22.7. The number of aliphatic hydroxyl groups is 1. The predicted molar refractivity (Wildman–Crippen MR) is 117 cm³/mol. The Morgan fingerprint density at radius 2 is 1.94 bits per heavy atom. The number of rotatable bonds is 4. The summed E-state index contributed by atoms with van der Waals surface area (Å²) in [6.07, 6.45) is -3.68. The molecule has 5 nitrogen and oxygen atoms in total. The zero-order valence-corrected chi connectivity index (χ0v) is 18.4. The maximum Gasteiger partial charge on any atom is 0.417 e. The summed E-state index contributed by atoms with van der Waals surface area (Å²) in [6, 6.07) is 13.1. The summed E-state index contributed by atoms with van der Waals surface area (Å²) in [6.45, 7) is 3.63. The lowest BCUT2D eigenvalue weighted by molar-refractivity contribution is -0.137. The molecule has 2 saturated heterocycles. The highest BCUT2D eigenvalue weighted by atomic mass is 19.4. The van der Waals surface area contributed by atoms with Gasteiger partial charge >= 0.3 is 6.18 Å². The first-order valence-electron chi connectivity index (χ1n) is 11.0. The molecule has 0 radical (unpaired) electrons. The van der Waals surface area contributed by atoms with Gasteiger partial charge in [-0.1, -0.05) is 29.8 Å². The lowest BCUT2D eigenvalue weighted by atomic mass is 9.74. The molecule has 4 rings (SSSR count). The molecule has 1 amide bonds. The zero-order valence-electron chi connectivity index (χ0n) is 18.4. The van der Waals surface area contributed by atoms with E-state index in [1.54, 1.807) is 11.0 Å². The van der Waals surface area contributed by atoms with Crippen molar-refractivity contribution in [3.8, 4) is 6.07 Å². The summed E-state index contributed by atoms with van der Waals surface area (Å²) in [5.74, 6) is 0.0755. The quantitative estimate of drug-likeness (QED) is 0.759. The third-order valence-electron chi connectivity index (χ3n) is 7.00. The summed E-state index contributed by atoms with van der Waals surface area (Å²) in [5, 5.41) is 19.4. The molecule has 0 bridgehead atoms. The maximum atomic E-state index is 13.4. The Morgan fingerprint density at radius 3 is 2.58 bits per heavy atom. The average Bonchev–Trinajstić information content (AvgIpc) is 3.19. The van der Waals surface area contributed by atoms with Crippen LogP contribution >= 0.6 is 0 Å². The van der Waals surface area contributed by atoms with Crippen LogP contribution in [0.4, 0.5) is 18.9 Å². The molecule has 2 aromatic rings. The highest BCUT2D eigenvalue weighted by Gasteiger charge is 2.50. The van der Waals surface area contributed by atoms with Gasteiger partial charge in [0.1, 0.15) is 0 Å². The third kappa shape index (κ3) is 4.55. The van der Waals surface area contributed by atoms with Crippen molar-refractivity contribution < 1.29 is 23.1 Å². The van der Waals surface area contributed by atoms with Crippen molar-refractivity contribution in [1.29, 1.82) is 5.26 Å². The predicted octanol–water partition coefficient (Wildman–Crippen LogP) is 3.78. The molecule has 1 N–H and O–H groups in total. The van der Waals surface area contributed by atoms with Crippen molar-refractivity contribution in [3.63, 3.8) is 0 Å². The molecule has 2 aliphatic heterocycles. The zero-order chi connectivity index (χ0) is 23.8. The minimum atomic E-state index is -4.62. The van der Waals surface area contributed by atoms with Crippen LogP contribution in [0, 0.1) is 29.6 Å². The van der Waals surface area contributed by atoms with E-state index in [-0.39, 0.29) is 24.9 Å². The number of carbonyl (C=O) groups is 1. The number of aryl methyl sites for hydroxylation is 1. The Labute approximate surface area is 191 Å². The third-order valence-corrected chi connectivity index (χ3v) is 7.00. The summed E-state index contributed by atoms with van der Waals surface area (Å²) in [4.78, 5) is 16.6. The molecule has 0 aliphatic carbocycles. The van der Waals surface area contributed by atoms with Gasteiger partial charge in [-0.3, -0.25) is 4.79 Å². The maximum absolute atomic E-state index is 13.4. The van der Waals surface area contributed by atoms with Gasteiger partial charge in [-0.05, 0) is 43.0 Å². The number of hydrogen-bond donors (Lipinski definition) is 1. The van der Waals surface area contributed by atoms with E-state index in [9.17, 15) is 23.1 Å². The van der Waals surface area contributed by atoms with Crippen LogP contribution in [0.1, 0.15) is 28.7 Å². The number of benzene rings is 2. The van der Waals surface area contributed by atoms with Crippen LogP contribution in [0.15, 0.2) is 42.5 Å². The number of piperidine rings is 1. The number of alkyl halides is 3. The van der Waals surface area contributed by atoms with Crippen molar-refractivity contribution in [2.45, 2.75) is 25.9 Å². The molecule has 2 heterocycles. The number of fused-ring (bicyclic) bond motifs is 1. The standard InChI is InChI=1S/C25H26F3N3O2/c1-17-2-4-18(5-3-17)10-23(33)31-13-20-8-9-30(14-24(20,15-31)16-32)21-7-6-19(12-29)22(11-21)25(26,27)28/h2-7,11,20,32H,8-10,13-16H2,1H3/t20-,24+/m1/s1. The molecule has 0 saturated carbocycles. The number of amides is 1. The summed E-state index contributed by atoms with van der Waals surface area (Å²) >= 11 is 0. The van der Waals surface area contributed by atoms with Crippen LogP contribution in [0.2, 0.25) is 0 Å². The Kier molecular flexibility index (Phi) is 6.10. The molecule has 0 spiro atoms. The average molecular weight is 457 g/mol. The molecular weight excluding hydrogens is 431 g/mol. The summed E-state index contributed by atoms with van der Waals surface area (Å²) in [7, 11) is 0. The second-order valence-electron chi connectivity index (χ2n) is 9.20. The molecule has 2 fully saturated rings. The number of nitriles is 1. The molecule has 8 heteroatoms. The van der Waals surface area contributed by atoms with E-state index < -0.39 is 22.7 Å². The number of nitrogens with zero attached hydrogens (tertiary/aromatic N) is 3. The van der Waals surface area contributed by atoms with Gasteiger partial charge in [0.15, 0.2) is 0 Å². The fourth-order valence-corrected chi connectivity index (χ4v) is 5.07. The molecule has 33 heavy (non-hydrogen) atoms. The Hall–Kier alpha value is -3.05. The summed E-state index contributed by atoms with van der Waals surface area (Å²) < 4.78 is 40.3. The van der Waals surface area contributed by atoms with E-state index in [0.29, 0.717) is 38.3 Å². The smallest absolute Gasteiger partial charge is 0.396 e. The van der Waals surface area contributed by atoms with Crippen molar-refractivity contribution in [1.82, 2.24) is 4.90 Å². The van der Waals surface area contributed by atoms with Crippen LogP contribution in [0.25, 0.3) is 0 Å². The van der Waals surface area contributed by atoms with Gasteiger partial charge in [0.25, 0.3) is 0 Å². The van der Waals surface area contributed by atoms with Crippen LogP contribution < -0.4 is 4.90 Å². The van der Waals surface area contributed by atoms with Gasteiger partial charge in [-0.2, -0.15) is 18.4 Å². The number of carbonyl (C=O) groups excluding carboxylic acids is 1. The number of likely N-dealkylation sites (tertiary alicyclic amines) is 1. The molecule has 174 valence electrons. The highest BCUT2D eigenvalue weighted by molar-refractivity contribution is 5.79. The van der Waals surface area contributed by atoms with Gasteiger partial charge in [0.2, 0.25) is 5.91 Å². The minimum absolute atomic E-state index is 0.00893. The van der Waals surface area contributed by atoms with Gasteiger partial charge in [0.05, 0.1) is 30.2 Å². The van der Waals surface area contributed by atoms with Crippen molar-refractivity contribution in [3.05, 3.63) is 64.7 Å². The van der Waals surface area contributed by atoms with Crippen molar-refractivity contribution >= 4 is 11.6 Å². The monoisotopic (exact) mass is 457 g/mol. The van der Waals surface area contributed by atoms with Crippen molar-refractivity contribution in [2.24, 2.45) is 11.3 Å². The van der Waals surface area contributed by atoms with Gasteiger partial charge in [0, 0.05) is 37.3 Å². The second-order valence-corrected chi connectivity index (χ2v) is 9.20. The van der Waals surface area contributed by atoms with E-state index in [0.717, 1.165) is 17.2 Å². The van der Waals surface area contributed by atoms with Crippen LogP contribution in [-0.4, -0.2) is 48.7 Å². The first-order chi connectivity index (χ1) is 15.6. The van der Waals surface area contributed by atoms with Crippen LogP contribution in [0.5, 0.6) is 0 Å². The van der Waals surface area contributed by atoms with E-state index in [4.69, 9.17) is 5.26 Å². The Morgan fingerprint density at radius 1 is 1.21 bits per heavy atom. The number of aliphatic hydroxyl groups excluding tert-OH is 1. The SMILES string of the molecule is Cc1ccc(CC(=O)N2C[C@H]3CCN(c4ccc(C#N)c(C(F)(F)F)c4)C[C@@]3(CO)C2)cc1. The number of halogens is 3. The lowest BCUT2D eigenvalue weighted by Gasteiger charge is -2.44. The second kappa shape index (κ2) is 8.71. The number of hydrogen-bond acceptors (Lipinski definition) is 4. The highest BCUT2D eigenvalue weighted by Crippen LogP contribution is 2.44. The molecule has 0 aromatic heterocycles. The summed E-state index contributed by atoms with van der Waals surface area (Å²) in [5.41, 5.74) is 0.465. The fourth-order valence-electron chi connectivity index (χ4n) is 5.07. The molecule has 2 aliphatic rings. The van der Waals surface area contributed by atoms with Crippen molar-refractivity contribution in [2.75, 3.05) is 37.7 Å².